The van der Waals surface area contributed by atoms with Crippen molar-refractivity contribution in [2.45, 2.75) is 19.0 Å². The van der Waals surface area contributed by atoms with Crippen molar-refractivity contribution < 1.29 is 31.0 Å². The summed E-state index contributed by atoms with van der Waals surface area (Å²) in [5.41, 5.74) is 5.29. The summed E-state index contributed by atoms with van der Waals surface area (Å²) in [5, 5.41) is 3.27. The molecule has 0 aromatic carbocycles. The zero-order valence-electron chi connectivity index (χ0n) is 8.32. The molecule has 0 unspecified atom stereocenters. The number of rotatable bonds is 6. The van der Waals surface area contributed by atoms with Gasteiger partial charge in [0.25, 0.3) is 0 Å². The van der Waals surface area contributed by atoms with Gasteiger partial charge in [0.15, 0.2) is 0 Å². The third-order valence-corrected chi connectivity index (χ3v) is 2.49. The van der Waals surface area contributed by atoms with Crippen LogP contribution >= 0.6 is 0 Å². The van der Waals surface area contributed by atoms with Gasteiger partial charge in [-0.25, -0.2) is 0 Å². The zero-order chi connectivity index (χ0) is 6.95. The van der Waals surface area contributed by atoms with Crippen molar-refractivity contribution in [3.05, 3.63) is 0 Å². The van der Waals surface area contributed by atoms with Crippen LogP contribution in [0, 0.1) is 0 Å². The Kier molecular flexibility index (Phi) is 17.5. The Morgan fingerprint density at radius 1 is 1.50 bits per heavy atom. The summed E-state index contributed by atoms with van der Waals surface area (Å²) in [6.45, 7) is 5.26. The standard InChI is InChI=1S/C6H18N2Si.Na.H/c1-9-6-2-4-8-5-3-7;;/h8H,2-7,9H2,1H3;;/q;+1;-1. The average Bonchev–Trinajstić information content (AvgIpc) is 1.89. The van der Waals surface area contributed by atoms with E-state index in [2.05, 4.69) is 11.9 Å². The van der Waals surface area contributed by atoms with Gasteiger partial charge in [-0.3, -0.25) is 0 Å². The normalized spacial score (nSPS) is 10.2. The SMILES string of the molecule is C[SiH2]CCCNCCN.[H-].[Na+]. The maximum absolute atomic E-state index is 5.29. The van der Waals surface area contributed by atoms with Crippen LogP contribution in [0.5, 0.6) is 0 Å². The summed E-state index contributed by atoms with van der Waals surface area (Å²) < 4.78 is 0. The second kappa shape index (κ2) is 12.8. The number of hydrogen-bond acceptors (Lipinski definition) is 2. The second-order valence-electron chi connectivity index (χ2n) is 2.25. The maximum atomic E-state index is 5.29. The molecule has 0 radical (unpaired) electrons. The zero-order valence-corrected chi connectivity index (χ0v) is 10.7. The largest absolute Gasteiger partial charge is 1.00 e. The van der Waals surface area contributed by atoms with Crippen LogP contribution in [0.4, 0.5) is 0 Å². The maximum Gasteiger partial charge on any atom is 1.00 e. The van der Waals surface area contributed by atoms with Crippen LogP contribution in [-0.4, -0.2) is 29.2 Å². The van der Waals surface area contributed by atoms with Crippen molar-refractivity contribution in [1.29, 1.82) is 0 Å². The second-order valence-corrected chi connectivity index (χ2v) is 3.95. The van der Waals surface area contributed by atoms with Crippen molar-refractivity contribution in [3.63, 3.8) is 0 Å². The molecule has 0 rings (SSSR count). The van der Waals surface area contributed by atoms with Crippen molar-refractivity contribution in [2.75, 3.05) is 19.6 Å². The molecule has 0 spiro atoms. The number of hydrogen-bond donors (Lipinski definition) is 2. The molecule has 0 atom stereocenters. The Labute approximate surface area is 89.9 Å². The summed E-state index contributed by atoms with van der Waals surface area (Å²) in [6.07, 6.45) is 1.35. The first kappa shape index (κ1) is 13.7. The summed E-state index contributed by atoms with van der Waals surface area (Å²) in [5.74, 6) is 0. The fourth-order valence-electron chi connectivity index (χ4n) is 0.727. The Bertz CT molecular complexity index is 53.8. The molecule has 58 valence electrons. The molecule has 0 saturated heterocycles. The van der Waals surface area contributed by atoms with E-state index in [1.165, 1.54) is 12.5 Å². The fraction of sp³-hybridized carbons (Fsp3) is 1.00. The molecule has 0 aromatic rings. The predicted molar refractivity (Wildman–Crippen MR) is 46.9 cm³/mol. The molecular weight excluding hydrogens is 151 g/mol. The first-order chi connectivity index (χ1) is 4.41. The van der Waals surface area contributed by atoms with E-state index >= 15 is 0 Å². The van der Waals surface area contributed by atoms with E-state index in [-0.39, 0.29) is 31.0 Å². The topological polar surface area (TPSA) is 38.0 Å². The fourth-order valence-corrected chi connectivity index (χ4v) is 1.48. The van der Waals surface area contributed by atoms with Crippen LogP contribution in [0.15, 0.2) is 0 Å². The van der Waals surface area contributed by atoms with Crippen LogP contribution in [0.2, 0.25) is 12.6 Å². The number of nitrogens with one attached hydrogen (secondary N) is 1. The van der Waals surface area contributed by atoms with E-state index in [0.29, 0.717) is 9.52 Å². The van der Waals surface area contributed by atoms with Gasteiger partial charge in [-0.15, -0.1) is 0 Å². The van der Waals surface area contributed by atoms with Crippen molar-refractivity contribution >= 4 is 9.52 Å². The Morgan fingerprint density at radius 2 is 2.20 bits per heavy atom. The van der Waals surface area contributed by atoms with Gasteiger partial charge < -0.3 is 12.5 Å². The minimum atomic E-state index is 0. The van der Waals surface area contributed by atoms with Gasteiger partial charge in [-0.1, -0.05) is 12.6 Å². The molecule has 0 saturated carbocycles. The van der Waals surface area contributed by atoms with Gasteiger partial charge >= 0.3 is 29.6 Å². The van der Waals surface area contributed by atoms with Crippen molar-refractivity contribution in [2.24, 2.45) is 5.73 Å². The van der Waals surface area contributed by atoms with Crippen LogP contribution < -0.4 is 40.6 Å². The molecule has 0 aliphatic heterocycles. The monoisotopic (exact) mass is 170 g/mol. The summed E-state index contributed by atoms with van der Waals surface area (Å²) in [6, 6.07) is 1.47. The Hall–Kier alpha value is 1.14. The van der Waals surface area contributed by atoms with Crippen LogP contribution in [0.3, 0.4) is 0 Å². The minimum Gasteiger partial charge on any atom is -1.00 e. The van der Waals surface area contributed by atoms with Crippen LogP contribution in [0.25, 0.3) is 0 Å². The van der Waals surface area contributed by atoms with E-state index in [0.717, 1.165) is 19.6 Å². The molecule has 0 aliphatic carbocycles. The van der Waals surface area contributed by atoms with E-state index < -0.39 is 0 Å². The Morgan fingerprint density at radius 3 is 2.70 bits per heavy atom. The summed E-state index contributed by atoms with van der Waals surface area (Å²) in [4.78, 5) is 0. The van der Waals surface area contributed by atoms with Gasteiger partial charge in [-0.2, -0.15) is 0 Å². The van der Waals surface area contributed by atoms with Gasteiger partial charge in [0.2, 0.25) is 0 Å². The average molecular weight is 170 g/mol. The Balaban J connectivity index is -0.000000320. The molecule has 0 bridgehead atoms. The van der Waals surface area contributed by atoms with Crippen molar-refractivity contribution in [3.8, 4) is 0 Å². The van der Waals surface area contributed by atoms with Crippen LogP contribution in [0.1, 0.15) is 7.85 Å². The quantitative estimate of drug-likeness (QED) is 0.323. The van der Waals surface area contributed by atoms with Crippen LogP contribution in [-0.2, 0) is 0 Å². The van der Waals surface area contributed by atoms with Gasteiger partial charge in [0, 0.05) is 22.6 Å². The third kappa shape index (κ3) is 11.9. The first-order valence-corrected chi connectivity index (χ1v) is 6.24. The number of nitrogens with two attached hydrogens (primary N) is 1. The van der Waals surface area contributed by atoms with E-state index in [1.54, 1.807) is 0 Å². The predicted octanol–water partition coefficient (Wildman–Crippen LogP) is -3.32. The minimum absolute atomic E-state index is 0. The molecule has 2 nitrogen and oxygen atoms in total. The smallest absolute Gasteiger partial charge is 1.00 e. The molecule has 0 aliphatic rings. The van der Waals surface area contributed by atoms with E-state index in [4.69, 9.17) is 5.73 Å². The van der Waals surface area contributed by atoms with Crippen molar-refractivity contribution in [1.82, 2.24) is 5.32 Å². The van der Waals surface area contributed by atoms with Gasteiger partial charge in [-0.05, 0) is 13.0 Å². The van der Waals surface area contributed by atoms with E-state index in [1.807, 2.05) is 0 Å². The molecule has 10 heavy (non-hydrogen) atoms. The summed E-state index contributed by atoms with van der Waals surface area (Å²) in [7, 11) is 0.308. The molecule has 0 fully saturated rings. The van der Waals surface area contributed by atoms with Gasteiger partial charge in [0.05, 0.1) is 0 Å². The first-order valence-electron chi connectivity index (χ1n) is 3.82. The molecule has 3 N–H and O–H groups in total. The summed E-state index contributed by atoms with van der Waals surface area (Å²) >= 11 is 0. The molecule has 0 aromatic heterocycles. The molecule has 0 amide bonds. The van der Waals surface area contributed by atoms with E-state index in [9.17, 15) is 0 Å². The molecular formula is C6H19N2NaSi. The molecule has 4 heteroatoms. The third-order valence-electron chi connectivity index (χ3n) is 1.28. The molecule has 0 heterocycles. The van der Waals surface area contributed by atoms with Gasteiger partial charge in [0.1, 0.15) is 0 Å².